The average Bonchev–Trinajstić information content (AvgIpc) is 2.64. The van der Waals surface area contributed by atoms with E-state index in [1.807, 2.05) is 10.8 Å². The van der Waals surface area contributed by atoms with E-state index in [1.165, 1.54) is 6.26 Å². The maximum absolute atomic E-state index is 11.0. The number of hydrogen-bond donors (Lipinski definition) is 1. The summed E-state index contributed by atoms with van der Waals surface area (Å²) in [6.07, 6.45) is 7.74. The Hall–Kier alpha value is -1.04. The predicted molar refractivity (Wildman–Crippen MR) is 70.0 cm³/mol. The Morgan fingerprint density at radius 2 is 2.18 bits per heavy atom. The summed E-state index contributed by atoms with van der Waals surface area (Å²) in [7, 11) is -2.87. The van der Waals surface area contributed by atoms with Gasteiger partial charge < -0.3 is 9.88 Å². The van der Waals surface area contributed by atoms with Crippen LogP contribution in [0.2, 0.25) is 0 Å². The molecule has 5 nitrogen and oxygen atoms in total. The molecule has 0 aliphatic carbocycles. The summed E-state index contributed by atoms with van der Waals surface area (Å²) < 4.78 is 24.0. The molecule has 98 valence electrons. The molecule has 0 aromatic carbocycles. The van der Waals surface area contributed by atoms with Crippen molar-refractivity contribution in [2.75, 3.05) is 23.9 Å². The number of nitrogens with zero attached hydrogens (tertiary/aromatic N) is 2. The molecule has 0 spiro atoms. The summed E-state index contributed by atoms with van der Waals surface area (Å²) in [6.45, 7) is 3.72. The van der Waals surface area contributed by atoms with Crippen LogP contribution in [0.3, 0.4) is 0 Å². The summed E-state index contributed by atoms with van der Waals surface area (Å²) in [4.78, 5) is 4.21. The number of nitrogens with one attached hydrogen (secondary N) is 1. The van der Waals surface area contributed by atoms with E-state index >= 15 is 0 Å². The fraction of sp³-hybridized carbons (Fsp3) is 0.727. The van der Waals surface area contributed by atoms with Crippen LogP contribution in [0.5, 0.6) is 0 Å². The van der Waals surface area contributed by atoms with Crippen molar-refractivity contribution in [1.82, 2.24) is 9.55 Å². The van der Waals surface area contributed by atoms with Crippen molar-refractivity contribution in [3.8, 4) is 0 Å². The molecule has 0 radical (unpaired) electrons. The van der Waals surface area contributed by atoms with Crippen molar-refractivity contribution in [2.45, 2.75) is 32.7 Å². The smallest absolute Gasteiger partial charge is 0.202 e. The fourth-order valence-corrected chi connectivity index (χ4v) is 2.18. The number of sulfone groups is 1. The van der Waals surface area contributed by atoms with E-state index in [4.69, 9.17) is 0 Å². The van der Waals surface area contributed by atoms with E-state index in [0.717, 1.165) is 25.3 Å². The molecule has 1 N–H and O–H groups in total. The third-order valence-corrected chi connectivity index (χ3v) is 3.47. The van der Waals surface area contributed by atoms with Gasteiger partial charge in [-0.3, -0.25) is 0 Å². The second-order valence-electron chi connectivity index (χ2n) is 4.21. The van der Waals surface area contributed by atoms with Crippen LogP contribution in [0.25, 0.3) is 0 Å². The summed E-state index contributed by atoms with van der Waals surface area (Å²) in [5.74, 6) is 1.05. The maximum Gasteiger partial charge on any atom is 0.202 e. The first-order valence-corrected chi connectivity index (χ1v) is 8.01. The zero-order chi connectivity index (χ0) is 12.7. The van der Waals surface area contributed by atoms with Crippen molar-refractivity contribution in [3.63, 3.8) is 0 Å². The minimum atomic E-state index is -2.87. The van der Waals surface area contributed by atoms with Crippen LogP contribution in [0.15, 0.2) is 12.4 Å². The number of anilines is 1. The summed E-state index contributed by atoms with van der Waals surface area (Å²) in [6, 6.07) is 0. The third kappa shape index (κ3) is 5.72. The lowest BCUT2D eigenvalue weighted by molar-refractivity contribution is 0.592. The van der Waals surface area contributed by atoms with Crippen LogP contribution in [-0.2, 0) is 16.4 Å². The molecule has 1 aromatic rings. The molecule has 0 fully saturated rings. The Balaban J connectivity index is 2.40. The van der Waals surface area contributed by atoms with Gasteiger partial charge >= 0.3 is 0 Å². The lowest BCUT2D eigenvalue weighted by Crippen LogP contribution is -2.11. The van der Waals surface area contributed by atoms with E-state index in [-0.39, 0.29) is 5.75 Å². The molecule has 6 heteroatoms. The van der Waals surface area contributed by atoms with Gasteiger partial charge in [0.15, 0.2) is 0 Å². The molecule has 1 rings (SSSR count). The highest BCUT2D eigenvalue weighted by atomic mass is 32.2. The lowest BCUT2D eigenvalue weighted by atomic mass is 10.3. The van der Waals surface area contributed by atoms with E-state index in [1.54, 1.807) is 6.20 Å². The van der Waals surface area contributed by atoms with Gasteiger partial charge in [-0.1, -0.05) is 13.3 Å². The standard InChI is InChI=1S/C11H21N3O2S/c1-3-4-6-12-11-13-7-9-14(11)8-5-10-17(2,15)16/h7,9H,3-6,8,10H2,1-2H3,(H,12,13). The van der Waals surface area contributed by atoms with E-state index in [9.17, 15) is 8.42 Å². The Kier molecular flexibility index (Phi) is 5.47. The number of aryl methyl sites for hydroxylation is 1. The molecule has 1 aromatic heterocycles. The van der Waals surface area contributed by atoms with Crippen LogP contribution in [0.4, 0.5) is 5.95 Å². The monoisotopic (exact) mass is 259 g/mol. The number of aromatic nitrogens is 2. The molecule has 0 aliphatic heterocycles. The Bertz CT molecular complexity index is 426. The second-order valence-corrected chi connectivity index (χ2v) is 6.47. The average molecular weight is 259 g/mol. The Morgan fingerprint density at radius 3 is 2.82 bits per heavy atom. The van der Waals surface area contributed by atoms with Crippen LogP contribution >= 0.6 is 0 Å². The molecule has 1 heterocycles. The van der Waals surface area contributed by atoms with E-state index in [0.29, 0.717) is 13.0 Å². The number of unbranched alkanes of at least 4 members (excludes halogenated alkanes) is 1. The fourth-order valence-electron chi connectivity index (χ4n) is 1.53. The van der Waals surface area contributed by atoms with Gasteiger partial charge in [0, 0.05) is 31.7 Å². The van der Waals surface area contributed by atoms with Gasteiger partial charge in [0.25, 0.3) is 0 Å². The highest BCUT2D eigenvalue weighted by molar-refractivity contribution is 7.90. The summed E-state index contributed by atoms with van der Waals surface area (Å²) >= 11 is 0. The molecular formula is C11H21N3O2S. The minimum Gasteiger partial charge on any atom is -0.356 e. The molecule has 0 aliphatic rings. The molecule has 0 bridgehead atoms. The van der Waals surface area contributed by atoms with Gasteiger partial charge in [0.05, 0.1) is 5.75 Å². The van der Waals surface area contributed by atoms with Crippen LogP contribution in [0, 0.1) is 0 Å². The van der Waals surface area contributed by atoms with Crippen LogP contribution in [0.1, 0.15) is 26.2 Å². The van der Waals surface area contributed by atoms with Crippen molar-refractivity contribution in [1.29, 1.82) is 0 Å². The highest BCUT2D eigenvalue weighted by Gasteiger charge is 2.04. The summed E-state index contributed by atoms with van der Waals surface area (Å²) in [5.41, 5.74) is 0. The van der Waals surface area contributed by atoms with E-state index in [2.05, 4.69) is 17.2 Å². The zero-order valence-corrected chi connectivity index (χ0v) is 11.3. The molecule has 0 saturated heterocycles. The van der Waals surface area contributed by atoms with Gasteiger partial charge in [-0.05, 0) is 12.8 Å². The number of imidazole rings is 1. The van der Waals surface area contributed by atoms with Gasteiger partial charge in [-0.25, -0.2) is 13.4 Å². The predicted octanol–water partition coefficient (Wildman–Crippen LogP) is 1.53. The molecule has 0 amide bonds. The minimum absolute atomic E-state index is 0.222. The first kappa shape index (κ1) is 14.0. The molecule has 0 saturated carbocycles. The Morgan fingerprint density at radius 1 is 1.41 bits per heavy atom. The quantitative estimate of drug-likeness (QED) is 0.719. The zero-order valence-electron chi connectivity index (χ0n) is 10.5. The van der Waals surface area contributed by atoms with Gasteiger partial charge in [0.2, 0.25) is 5.95 Å². The molecule has 0 atom stereocenters. The maximum atomic E-state index is 11.0. The van der Waals surface area contributed by atoms with Crippen molar-refractivity contribution < 1.29 is 8.42 Å². The van der Waals surface area contributed by atoms with Crippen molar-refractivity contribution in [2.24, 2.45) is 0 Å². The number of rotatable bonds is 8. The molecule has 17 heavy (non-hydrogen) atoms. The third-order valence-electron chi connectivity index (χ3n) is 2.44. The van der Waals surface area contributed by atoms with Gasteiger partial charge in [0.1, 0.15) is 9.84 Å². The normalized spacial score (nSPS) is 11.6. The first-order valence-electron chi connectivity index (χ1n) is 5.95. The molecular weight excluding hydrogens is 238 g/mol. The van der Waals surface area contributed by atoms with Crippen molar-refractivity contribution in [3.05, 3.63) is 12.4 Å². The second kappa shape index (κ2) is 6.64. The molecule has 0 unspecified atom stereocenters. The largest absolute Gasteiger partial charge is 0.356 e. The highest BCUT2D eigenvalue weighted by Crippen LogP contribution is 2.06. The van der Waals surface area contributed by atoms with Gasteiger partial charge in [-0.2, -0.15) is 0 Å². The SMILES string of the molecule is CCCCNc1nccn1CCCS(C)(=O)=O. The Labute approximate surface area is 103 Å². The lowest BCUT2D eigenvalue weighted by Gasteiger charge is -2.08. The van der Waals surface area contributed by atoms with E-state index < -0.39 is 9.84 Å². The first-order chi connectivity index (χ1) is 8.03. The number of hydrogen-bond acceptors (Lipinski definition) is 4. The van der Waals surface area contributed by atoms with Crippen LogP contribution in [-0.4, -0.2) is 36.5 Å². The summed E-state index contributed by atoms with van der Waals surface area (Å²) in [5, 5.41) is 3.24. The van der Waals surface area contributed by atoms with Crippen LogP contribution < -0.4 is 5.32 Å². The van der Waals surface area contributed by atoms with Crippen molar-refractivity contribution >= 4 is 15.8 Å². The van der Waals surface area contributed by atoms with Gasteiger partial charge in [-0.15, -0.1) is 0 Å². The topological polar surface area (TPSA) is 64.0 Å².